The normalized spacial score (nSPS) is 27.8. The molecule has 0 bridgehead atoms. The molecule has 1 aliphatic heterocycles. The lowest BCUT2D eigenvalue weighted by Gasteiger charge is -2.41. The topological polar surface area (TPSA) is 47.3 Å². The van der Waals surface area contributed by atoms with Crippen LogP contribution in [0.25, 0.3) is 0 Å². The number of rotatable bonds is 5. The van der Waals surface area contributed by atoms with Crippen molar-refractivity contribution in [2.75, 3.05) is 10.2 Å². The van der Waals surface area contributed by atoms with Gasteiger partial charge < -0.3 is 0 Å². The molecule has 3 rings (SSSR count). The fourth-order valence-corrected chi connectivity index (χ4v) is 5.90. The number of carbonyl (C=O) groups is 1. The molecular weight excluding hydrogens is 458 g/mol. The van der Waals surface area contributed by atoms with E-state index in [1.54, 1.807) is 23.1 Å². The lowest BCUT2D eigenvalue weighted by atomic mass is 9.82. The maximum Gasteiger partial charge on any atom is 0.249 e. The van der Waals surface area contributed by atoms with Crippen LogP contribution in [0.2, 0.25) is 5.02 Å². The third-order valence-electron chi connectivity index (χ3n) is 6.17. The van der Waals surface area contributed by atoms with Crippen LogP contribution in [-0.4, -0.2) is 33.2 Å². The summed E-state index contributed by atoms with van der Waals surface area (Å²) >= 11 is 14.6. The number of nitrogens with zero attached hydrogens (tertiary/aromatic N) is 3. The number of hydrogen-bond donors (Lipinski definition) is 1. The van der Waals surface area contributed by atoms with Gasteiger partial charge in [-0.15, -0.1) is 12.6 Å². The van der Waals surface area contributed by atoms with Gasteiger partial charge in [0.05, 0.1) is 16.1 Å². The quantitative estimate of drug-likeness (QED) is 0.438. The molecule has 28 heavy (non-hydrogen) atoms. The summed E-state index contributed by atoms with van der Waals surface area (Å²) in [7, 11) is 0. The van der Waals surface area contributed by atoms with Crippen LogP contribution in [0.5, 0.6) is 0 Å². The molecule has 1 saturated carbocycles. The maximum atomic E-state index is 13.3. The first-order chi connectivity index (χ1) is 13.3. The molecule has 1 saturated heterocycles. The van der Waals surface area contributed by atoms with Crippen LogP contribution in [0.3, 0.4) is 0 Å². The lowest BCUT2D eigenvalue weighted by Crippen LogP contribution is -2.51. The fourth-order valence-electron chi connectivity index (χ4n) is 4.64. The number of hydrogen-bond acceptors (Lipinski definition) is 4. The van der Waals surface area contributed by atoms with Crippen molar-refractivity contribution in [1.82, 2.24) is 4.90 Å². The number of nitriles is 1. The zero-order chi connectivity index (χ0) is 20.5. The Morgan fingerprint density at radius 2 is 2.00 bits per heavy atom. The molecular formula is C21H27BrClN3OS. The van der Waals surface area contributed by atoms with E-state index >= 15 is 0 Å². The van der Waals surface area contributed by atoms with Gasteiger partial charge in [0.1, 0.15) is 11.6 Å². The standard InChI is InChI=1S/C21H27BrClN3OS/c1-21(2)19(27)25(17-10-7-15(13-24)18(23)12-17)20(28)26(21)16-8-5-14(6-9-16)4-3-11-22/h7,10,12,14,16,20,28H,3-6,8-9,11H2,1-2H3. The Balaban J connectivity index is 1.80. The van der Waals surface area contributed by atoms with Crippen molar-refractivity contribution >= 4 is 51.8 Å². The Hall–Kier alpha value is -0.740. The molecule has 1 atom stereocenters. The first-order valence-electron chi connectivity index (χ1n) is 9.87. The largest absolute Gasteiger partial charge is 0.285 e. The second-order valence-corrected chi connectivity index (χ2v) is 9.93. The minimum atomic E-state index is -0.625. The Morgan fingerprint density at radius 1 is 1.32 bits per heavy atom. The van der Waals surface area contributed by atoms with E-state index in [4.69, 9.17) is 29.5 Å². The SMILES string of the molecule is CC1(C)C(=O)N(c2ccc(C#N)c(Cl)c2)C(S)N1C1CCC(CCCBr)CC1. The Morgan fingerprint density at radius 3 is 2.57 bits per heavy atom. The van der Waals surface area contributed by atoms with Crippen molar-refractivity contribution in [1.29, 1.82) is 5.26 Å². The van der Waals surface area contributed by atoms with Crippen LogP contribution >= 0.6 is 40.2 Å². The zero-order valence-corrected chi connectivity index (χ0v) is 19.6. The average molecular weight is 485 g/mol. The van der Waals surface area contributed by atoms with Crippen LogP contribution in [0.1, 0.15) is 57.9 Å². The number of amides is 1. The fraction of sp³-hybridized carbons (Fsp3) is 0.619. The number of alkyl halides is 1. The van der Waals surface area contributed by atoms with E-state index in [0.717, 1.165) is 24.1 Å². The van der Waals surface area contributed by atoms with Crippen molar-refractivity contribution in [3.8, 4) is 6.07 Å². The Labute approximate surface area is 186 Å². The van der Waals surface area contributed by atoms with Crippen molar-refractivity contribution in [2.45, 2.75) is 69.5 Å². The number of halogens is 2. The Kier molecular flexibility index (Phi) is 7.02. The first-order valence-corrected chi connectivity index (χ1v) is 11.9. The van der Waals surface area contributed by atoms with Gasteiger partial charge in [-0.25, -0.2) is 0 Å². The lowest BCUT2D eigenvalue weighted by molar-refractivity contribution is -0.124. The van der Waals surface area contributed by atoms with E-state index in [1.807, 2.05) is 13.8 Å². The summed E-state index contributed by atoms with van der Waals surface area (Å²) in [6, 6.07) is 7.55. The molecule has 152 valence electrons. The summed E-state index contributed by atoms with van der Waals surface area (Å²) in [6.07, 6.45) is 7.13. The summed E-state index contributed by atoms with van der Waals surface area (Å²) in [5, 5.41) is 10.5. The van der Waals surface area contributed by atoms with E-state index in [1.165, 1.54) is 25.7 Å². The third-order valence-corrected chi connectivity index (χ3v) is 7.53. The van der Waals surface area contributed by atoms with Gasteiger partial charge in [0.15, 0.2) is 0 Å². The molecule has 0 aromatic heterocycles. The molecule has 1 amide bonds. The van der Waals surface area contributed by atoms with Crippen molar-refractivity contribution in [3.63, 3.8) is 0 Å². The summed E-state index contributed by atoms with van der Waals surface area (Å²) < 4.78 is 0. The Bertz CT molecular complexity index is 773. The van der Waals surface area contributed by atoms with Gasteiger partial charge in [-0.3, -0.25) is 14.6 Å². The third kappa shape index (κ3) is 4.09. The highest BCUT2D eigenvalue weighted by atomic mass is 79.9. The number of anilines is 1. The summed E-state index contributed by atoms with van der Waals surface area (Å²) in [6.45, 7) is 3.97. The monoisotopic (exact) mass is 483 g/mol. The van der Waals surface area contributed by atoms with Gasteiger partial charge in [-0.1, -0.05) is 27.5 Å². The highest BCUT2D eigenvalue weighted by Gasteiger charge is 2.53. The van der Waals surface area contributed by atoms with Crippen LogP contribution in [0, 0.1) is 17.2 Å². The molecule has 1 aliphatic carbocycles. The van der Waals surface area contributed by atoms with Gasteiger partial charge >= 0.3 is 0 Å². The van der Waals surface area contributed by atoms with E-state index < -0.39 is 5.54 Å². The molecule has 0 N–H and O–H groups in total. The highest BCUT2D eigenvalue weighted by Crippen LogP contribution is 2.43. The molecule has 7 heteroatoms. The van der Waals surface area contributed by atoms with E-state index in [2.05, 4.69) is 26.9 Å². The molecule has 0 radical (unpaired) electrons. The molecule has 2 aliphatic rings. The molecule has 0 spiro atoms. The molecule has 1 aromatic rings. The second kappa shape index (κ2) is 8.95. The first kappa shape index (κ1) is 22.0. The van der Waals surface area contributed by atoms with E-state index in [9.17, 15) is 4.79 Å². The van der Waals surface area contributed by atoms with E-state index in [0.29, 0.717) is 22.3 Å². The van der Waals surface area contributed by atoms with Crippen LogP contribution in [0.4, 0.5) is 5.69 Å². The summed E-state index contributed by atoms with van der Waals surface area (Å²) in [5.41, 5.74) is 0.136. The predicted octanol–water partition coefficient (Wildman–Crippen LogP) is 5.59. The number of benzene rings is 1. The van der Waals surface area contributed by atoms with Gasteiger partial charge in [0.25, 0.3) is 0 Å². The van der Waals surface area contributed by atoms with Crippen LogP contribution in [-0.2, 0) is 4.79 Å². The van der Waals surface area contributed by atoms with E-state index in [-0.39, 0.29) is 11.4 Å². The molecule has 1 aromatic carbocycles. The molecule has 1 unspecified atom stereocenters. The average Bonchev–Trinajstić information content (AvgIpc) is 2.85. The van der Waals surface area contributed by atoms with Gasteiger partial charge in [0.2, 0.25) is 5.91 Å². The highest BCUT2D eigenvalue weighted by molar-refractivity contribution is 9.09. The smallest absolute Gasteiger partial charge is 0.249 e. The molecule has 2 fully saturated rings. The number of thiol groups is 1. The van der Waals surface area contributed by atoms with Crippen molar-refractivity contribution < 1.29 is 4.79 Å². The zero-order valence-electron chi connectivity index (χ0n) is 16.4. The van der Waals surface area contributed by atoms with Gasteiger partial charge in [0, 0.05) is 17.1 Å². The van der Waals surface area contributed by atoms with Gasteiger partial charge in [-0.05, 0) is 76.5 Å². The van der Waals surface area contributed by atoms with Crippen molar-refractivity contribution in [3.05, 3.63) is 28.8 Å². The van der Waals surface area contributed by atoms with Crippen molar-refractivity contribution in [2.24, 2.45) is 5.92 Å². The minimum Gasteiger partial charge on any atom is -0.285 e. The molecule has 1 heterocycles. The van der Waals surface area contributed by atoms with Crippen LogP contribution in [0.15, 0.2) is 18.2 Å². The van der Waals surface area contributed by atoms with Gasteiger partial charge in [-0.2, -0.15) is 5.26 Å². The second-order valence-electron chi connectivity index (χ2n) is 8.27. The minimum absolute atomic E-state index is 0.0229. The predicted molar refractivity (Wildman–Crippen MR) is 121 cm³/mol. The van der Waals surface area contributed by atoms with Crippen LogP contribution < -0.4 is 4.90 Å². The summed E-state index contributed by atoms with van der Waals surface area (Å²) in [4.78, 5) is 17.3. The maximum absolute atomic E-state index is 13.3. The number of carbonyl (C=O) groups excluding carboxylic acids is 1. The molecule has 4 nitrogen and oxygen atoms in total. The summed E-state index contributed by atoms with van der Waals surface area (Å²) in [5.74, 6) is 0.816.